The maximum absolute atomic E-state index is 5.84. The average Bonchev–Trinajstić information content (AvgIpc) is 2.66. The van der Waals surface area contributed by atoms with Crippen molar-refractivity contribution in [3.63, 3.8) is 0 Å². The number of aromatic nitrogens is 4. The third kappa shape index (κ3) is 1.75. The third-order valence-corrected chi connectivity index (χ3v) is 1.96. The lowest BCUT2D eigenvalue weighted by Gasteiger charge is -1.97. The first-order chi connectivity index (χ1) is 6.79. The summed E-state index contributed by atoms with van der Waals surface area (Å²) in [5, 5.41) is 12.5. The number of tetrazole rings is 1. The van der Waals surface area contributed by atoms with Crippen molar-refractivity contribution in [3.05, 3.63) is 41.5 Å². The Labute approximate surface area is 86.5 Å². The quantitative estimate of drug-likeness (QED) is 0.756. The van der Waals surface area contributed by atoms with Gasteiger partial charge < -0.3 is 0 Å². The maximum atomic E-state index is 5.84. The molecule has 1 heterocycles. The molecule has 71 valence electrons. The number of halogens is 1. The lowest BCUT2D eigenvalue weighted by molar-refractivity contribution is 0.719. The molecule has 0 aliphatic rings. The lowest BCUT2D eigenvalue weighted by atomic mass is 10.3. The van der Waals surface area contributed by atoms with E-state index in [1.54, 1.807) is 18.6 Å². The van der Waals surface area contributed by atoms with Crippen LogP contribution >= 0.6 is 11.6 Å². The van der Waals surface area contributed by atoms with Gasteiger partial charge >= 0.3 is 0 Å². The predicted molar refractivity (Wildman–Crippen MR) is 53.2 cm³/mol. The summed E-state index contributed by atoms with van der Waals surface area (Å²) in [6.45, 7) is 1.86. The highest BCUT2D eigenvalue weighted by Crippen LogP contribution is 2.12. The Morgan fingerprint density at radius 1 is 1.43 bits per heavy atom. The monoisotopic (exact) mass is 207 g/mol. The van der Waals surface area contributed by atoms with E-state index in [1.165, 1.54) is 4.80 Å². The highest BCUT2D eigenvalue weighted by molar-refractivity contribution is 6.30. The molecule has 0 fully saturated rings. The summed E-state index contributed by atoms with van der Waals surface area (Å²) < 4.78 is 0. The van der Waals surface area contributed by atoms with E-state index in [2.05, 4.69) is 15.4 Å². The highest BCUT2D eigenvalue weighted by Gasteiger charge is 2.02. The molecule has 0 amide bonds. The molecule has 0 spiro atoms. The number of hydrogen-bond donors (Lipinski definition) is 0. The van der Waals surface area contributed by atoms with E-state index >= 15 is 0 Å². The summed E-state index contributed by atoms with van der Waals surface area (Å²) in [6, 6.07) is 7.29. The third-order valence-electron chi connectivity index (χ3n) is 1.73. The van der Waals surface area contributed by atoms with Gasteiger partial charge in [-0.05, 0) is 23.4 Å². The summed E-state index contributed by atoms with van der Waals surface area (Å²) in [5.41, 5.74) is 0.804. The second kappa shape index (κ2) is 3.75. The van der Waals surface area contributed by atoms with E-state index < -0.39 is 0 Å². The van der Waals surface area contributed by atoms with Gasteiger partial charge in [0.25, 0.3) is 0 Å². The minimum Gasteiger partial charge on any atom is -0.131 e. The van der Waals surface area contributed by atoms with Gasteiger partial charge in [-0.2, -0.15) is 0 Å². The van der Waals surface area contributed by atoms with Crippen molar-refractivity contribution in [1.82, 2.24) is 20.2 Å². The SMILES string of the molecule is C[CH]c1nnn(-c2cccc(Cl)c2)n1. The van der Waals surface area contributed by atoms with Gasteiger partial charge in [-0.1, -0.05) is 24.6 Å². The molecule has 1 aromatic carbocycles. The van der Waals surface area contributed by atoms with Gasteiger partial charge in [-0.25, -0.2) is 0 Å². The normalized spacial score (nSPS) is 10.4. The molecule has 4 nitrogen and oxygen atoms in total. The van der Waals surface area contributed by atoms with Crippen LogP contribution in [0.4, 0.5) is 0 Å². The zero-order chi connectivity index (χ0) is 9.97. The number of nitrogens with zero attached hydrogens (tertiary/aromatic N) is 4. The van der Waals surface area contributed by atoms with Crippen LogP contribution in [0.2, 0.25) is 5.02 Å². The molecule has 14 heavy (non-hydrogen) atoms. The van der Waals surface area contributed by atoms with E-state index in [4.69, 9.17) is 11.6 Å². The zero-order valence-corrected chi connectivity index (χ0v) is 8.31. The van der Waals surface area contributed by atoms with Gasteiger partial charge in [-0.15, -0.1) is 15.0 Å². The van der Waals surface area contributed by atoms with Crippen molar-refractivity contribution < 1.29 is 0 Å². The summed E-state index contributed by atoms with van der Waals surface area (Å²) in [5.74, 6) is 0.602. The van der Waals surface area contributed by atoms with Crippen LogP contribution in [0.25, 0.3) is 5.69 Å². The van der Waals surface area contributed by atoms with E-state index in [-0.39, 0.29) is 0 Å². The van der Waals surface area contributed by atoms with E-state index in [1.807, 2.05) is 19.1 Å². The van der Waals surface area contributed by atoms with Crippen molar-refractivity contribution in [2.75, 3.05) is 0 Å². The number of hydrogen-bond acceptors (Lipinski definition) is 3. The fraction of sp³-hybridized carbons (Fsp3) is 0.111. The molecule has 2 aromatic rings. The van der Waals surface area contributed by atoms with Gasteiger partial charge in [0.1, 0.15) is 0 Å². The molecule has 1 radical (unpaired) electrons. The van der Waals surface area contributed by atoms with E-state index in [9.17, 15) is 0 Å². The number of rotatable bonds is 2. The van der Waals surface area contributed by atoms with Crippen LogP contribution in [-0.4, -0.2) is 20.2 Å². The van der Waals surface area contributed by atoms with Crippen molar-refractivity contribution in [2.24, 2.45) is 0 Å². The largest absolute Gasteiger partial charge is 0.178 e. The predicted octanol–water partition coefficient (Wildman–Crippen LogP) is 1.89. The summed E-state index contributed by atoms with van der Waals surface area (Å²) in [7, 11) is 0. The van der Waals surface area contributed by atoms with Gasteiger partial charge in [0.05, 0.1) is 5.69 Å². The Hall–Kier alpha value is -1.42. The van der Waals surface area contributed by atoms with Crippen LogP contribution in [0, 0.1) is 6.42 Å². The Kier molecular flexibility index (Phi) is 2.45. The molecule has 0 bridgehead atoms. The first-order valence-corrected chi connectivity index (χ1v) is 4.53. The van der Waals surface area contributed by atoms with Gasteiger partial charge in [-0.3, -0.25) is 0 Å². The molecule has 5 heteroatoms. The van der Waals surface area contributed by atoms with Crippen molar-refractivity contribution in [1.29, 1.82) is 0 Å². The molecule has 0 unspecified atom stereocenters. The first kappa shape index (κ1) is 9.15. The second-order valence-electron chi connectivity index (χ2n) is 2.71. The fourth-order valence-corrected chi connectivity index (χ4v) is 1.24. The molecular weight excluding hydrogens is 200 g/mol. The fourth-order valence-electron chi connectivity index (χ4n) is 1.05. The van der Waals surface area contributed by atoms with Crippen molar-refractivity contribution in [3.8, 4) is 5.69 Å². The molecule has 2 rings (SSSR count). The Bertz CT molecular complexity index is 438. The molecule has 0 aliphatic heterocycles. The topological polar surface area (TPSA) is 43.6 Å². The summed E-state index contributed by atoms with van der Waals surface area (Å²) in [6.07, 6.45) is 1.79. The highest BCUT2D eigenvalue weighted by atomic mass is 35.5. The van der Waals surface area contributed by atoms with Crippen LogP contribution in [0.3, 0.4) is 0 Å². The molecule has 0 saturated carbocycles. The zero-order valence-electron chi connectivity index (χ0n) is 7.55. The number of benzene rings is 1. The first-order valence-electron chi connectivity index (χ1n) is 4.15. The summed E-state index contributed by atoms with van der Waals surface area (Å²) >= 11 is 5.84. The Balaban J connectivity index is 2.39. The van der Waals surface area contributed by atoms with Crippen LogP contribution in [0.15, 0.2) is 24.3 Å². The standard InChI is InChI=1S/C9H8ClN4/c1-2-9-11-13-14(12-9)8-5-3-4-7(10)6-8/h2-6H,1H3. The summed E-state index contributed by atoms with van der Waals surface area (Å²) in [4.78, 5) is 1.45. The van der Waals surface area contributed by atoms with E-state index in [0.717, 1.165) is 5.69 Å². The smallest absolute Gasteiger partial charge is 0.131 e. The molecule has 0 saturated heterocycles. The van der Waals surface area contributed by atoms with Gasteiger partial charge in [0.2, 0.25) is 0 Å². The van der Waals surface area contributed by atoms with Crippen LogP contribution in [-0.2, 0) is 0 Å². The second-order valence-corrected chi connectivity index (χ2v) is 3.14. The minimum absolute atomic E-state index is 0.602. The van der Waals surface area contributed by atoms with Gasteiger partial charge in [0.15, 0.2) is 5.82 Å². The van der Waals surface area contributed by atoms with Crippen molar-refractivity contribution >= 4 is 11.6 Å². The van der Waals surface area contributed by atoms with Crippen molar-refractivity contribution in [2.45, 2.75) is 6.92 Å². The van der Waals surface area contributed by atoms with Crippen LogP contribution < -0.4 is 0 Å². The average molecular weight is 208 g/mol. The minimum atomic E-state index is 0.602. The molecular formula is C9H8ClN4. The molecule has 0 atom stereocenters. The molecule has 0 aliphatic carbocycles. The van der Waals surface area contributed by atoms with Crippen LogP contribution in [0.1, 0.15) is 12.7 Å². The van der Waals surface area contributed by atoms with Crippen LogP contribution in [0.5, 0.6) is 0 Å². The lowest BCUT2D eigenvalue weighted by Crippen LogP contribution is -1.98. The molecule has 1 aromatic heterocycles. The molecule has 0 N–H and O–H groups in total. The van der Waals surface area contributed by atoms with E-state index in [0.29, 0.717) is 10.8 Å². The Morgan fingerprint density at radius 3 is 2.93 bits per heavy atom. The Morgan fingerprint density at radius 2 is 2.29 bits per heavy atom. The maximum Gasteiger partial charge on any atom is 0.178 e. The van der Waals surface area contributed by atoms with Gasteiger partial charge in [0, 0.05) is 11.4 Å².